The summed E-state index contributed by atoms with van der Waals surface area (Å²) in [6.45, 7) is 5.91. The SMILES string of the molecule is CCNC(=O)NC(C)C1c2cc(OC)c(OC)cc2CCN1Cc1ccc(F)cc1. The van der Waals surface area contributed by atoms with Crippen molar-refractivity contribution in [2.45, 2.75) is 38.9 Å². The Morgan fingerprint density at radius 3 is 2.50 bits per heavy atom. The number of hydrogen-bond donors (Lipinski definition) is 2. The third-order valence-electron chi connectivity index (χ3n) is 5.49. The van der Waals surface area contributed by atoms with E-state index in [0.29, 0.717) is 24.6 Å². The van der Waals surface area contributed by atoms with E-state index >= 15 is 0 Å². The average molecular weight is 416 g/mol. The number of halogens is 1. The Bertz CT molecular complexity index is 873. The van der Waals surface area contributed by atoms with Gasteiger partial charge >= 0.3 is 6.03 Å². The second kappa shape index (κ2) is 9.80. The summed E-state index contributed by atoms with van der Waals surface area (Å²) in [7, 11) is 3.25. The lowest BCUT2D eigenvalue weighted by Crippen LogP contribution is -2.49. The highest BCUT2D eigenvalue weighted by Crippen LogP contribution is 2.40. The van der Waals surface area contributed by atoms with Crippen LogP contribution in [0.3, 0.4) is 0 Å². The lowest BCUT2D eigenvalue weighted by molar-refractivity contribution is 0.143. The number of carbonyl (C=O) groups excluding carboxylic acids is 1. The molecule has 2 atom stereocenters. The molecule has 7 heteroatoms. The molecule has 0 aromatic heterocycles. The number of carbonyl (C=O) groups is 1. The fourth-order valence-electron chi connectivity index (χ4n) is 4.11. The van der Waals surface area contributed by atoms with Crippen molar-refractivity contribution in [3.63, 3.8) is 0 Å². The van der Waals surface area contributed by atoms with Crippen LogP contribution in [0.4, 0.5) is 9.18 Å². The van der Waals surface area contributed by atoms with Crippen molar-refractivity contribution in [1.29, 1.82) is 0 Å². The first kappa shape index (κ1) is 21.9. The van der Waals surface area contributed by atoms with Crippen molar-refractivity contribution in [3.8, 4) is 11.5 Å². The maximum absolute atomic E-state index is 13.3. The molecule has 0 spiro atoms. The fourth-order valence-corrected chi connectivity index (χ4v) is 4.11. The van der Waals surface area contributed by atoms with Crippen LogP contribution < -0.4 is 20.1 Å². The van der Waals surface area contributed by atoms with Crippen LogP contribution in [-0.2, 0) is 13.0 Å². The van der Waals surface area contributed by atoms with Gasteiger partial charge in [0, 0.05) is 25.7 Å². The Labute approximate surface area is 177 Å². The standard InChI is InChI=1S/C23H30FN3O3/c1-5-25-23(28)26-15(2)22-19-13-21(30-4)20(29-3)12-17(19)10-11-27(22)14-16-6-8-18(24)9-7-16/h6-9,12-13,15,22H,5,10-11,14H2,1-4H3,(H2,25,26,28). The third-order valence-corrected chi connectivity index (χ3v) is 5.49. The van der Waals surface area contributed by atoms with E-state index in [1.807, 2.05) is 26.0 Å². The van der Waals surface area contributed by atoms with Gasteiger partial charge in [-0.05, 0) is 61.2 Å². The zero-order valence-electron chi connectivity index (χ0n) is 18.0. The summed E-state index contributed by atoms with van der Waals surface area (Å²) in [6.07, 6.45) is 0.848. The van der Waals surface area contributed by atoms with E-state index in [-0.39, 0.29) is 23.9 Å². The molecule has 6 nitrogen and oxygen atoms in total. The summed E-state index contributed by atoms with van der Waals surface area (Å²) in [5.74, 6) is 1.11. The molecule has 2 amide bonds. The highest BCUT2D eigenvalue weighted by Gasteiger charge is 2.33. The van der Waals surface area contributed by atoms with E-state index < -0.39 is 0 Å². The number of rotatable bonds is 7. The topological polar surface area (TPSA) is 62.8 Å². The first-order valence-electron chi connectivity index (χ1n) is 10.2. The first-order chi connectivity index (χ1) is 14.5. The molecule has 162 valence electrons. The molecule has 2 aromatic rings. The van der Waals surface area contributed by atoms with Crippen molar-refractivity contribution >= 4 is 6.03 Å². The van der Waals surface area contributed by atoms with Crippen LogP contribution in [0.1, 0.15) is 36.6 Å². The quantitative estimate of drug-likeness (QED) is 0.725. The van der Waals surface area contributed by atoms with Crippen LogP contribution in [0.5, 0.6) is 11.5 Å². The minimum absolute atomic E-state index is 0.0683. The molecule has 0 aliphatic carbocycles. The van der Waals surface area contributed by atoms with E-state index in [4.69, 9.17) is 9.47 Å². The van der Waals surface area contributed by atoms with Gasteiger partial charge in [0.15, 0.2) is 11.5 Å². The number of ether oxygens (including phenoxy) is 2. The molecule has 0 bridgehead atoms. The van der Waals surface area contributed by atoms with Crippen LogP contribution in [0.25, 0.3) is 0 Å². The minimum Gasteiger partial charge on any atom is -0.493 e. The van der Waals surface area contributed by atoms with Crippen molar-refractivity contribution in [2.24, 2.45) is 0 Å². The van der Waals surface area contributed by atoms with Gasteiger partial charge in [-0.15, -0.1) is 0 Å². The zero-order chi connectivity index (χ0) is 21.7. The Balaban J connectivity index is 1.96. The molecular formula is C23H30FN3O3. The lowest BCUT2D eigenvalue weighted by atomic mass is 9.87. The molecule has 0 saturated carbocycles. The number of fused-ring (bicyclic) bond motifs is 1. The van der Waals surface area contributed by atoms with Gasteiger partial charge in [-0.2, -0.15) is 0 Å². The molecule has 1 aliphatic heterocycles. The van der Waals surface area contributed by atoms with Gasteiger partial charge in [0.05, 0.1) is 20.3 Å². The van der Waals surface area contributed by atoms with E-state index in [1.54, 1.807) is 26.4 Å². The summed E-state index contributed by atoms with van der Waals surface area (Å²) in [4.78, 5) is 14.5. The summed E-state index contributed by atoms with van der Waals surface area (Å²) in [6, 6.07) is 10.2. The van der Waals surface area contributed by atoms with Crippen LogP contribution in [0.2, 0.25) is 0 Å². The van der Waals surface area contributed by atoms with Gasteiger partial charge in [0.2, 0.25) is 0 Å². The number of urea groups is 1. The first-order valence-corrected chi connectivity index (χ1v) is 10.2. The fraction of sp³-hybridized carbons (Fsp3) is 0.435. The van der Waals surface area contributed by atoms with Crippen LogP contribution >= 0.6 is 0 Å². The van der Waals surface area contributed by atoms with Crippen molar-refractivity contribution in [3.05, 3.63) is 58.9 Å². The summed E-state index contributed by atoms with van der Waals surface area (Å²) < 4.78 is 24.4. The summed E-state index contributed by atoms with van der Waals surface area (Å²) in [5.41, 5.74) is 3.30. The highest BCUT2D eigenvalue weighted by molar-refractivity contribution is 5.74. The van der Waals surface area contributed by atoms with Crippen molar-refractivity contribution in [2.75, 3.05) is 27.3 Å². The molecule has 1 heterocycles. The van der Waals surface area contributed by atoms with Crippen molar-refractivity contribution < 1.29 is 18.7 Å². The predicted molar refractivity (Wildman–Crippen MR) is 114 cm³/mol. The predicted octanol–water partition coefficient (Wildman–Crippen LogP) is 3.65. The second-order valence-electron chi connectivity index (χ2n) is 7.49. The third kappa shape index (κ3) is 4.84. The molecule has 2 aromatic carbocycles. The van der Waals surface area contributed by atoms with Gasteiger partial charge in [0.25, 0.3) is 0 Å². The monoisotopic (exact) mass is 415 g/mol. The van der Waals surface area contributed by atoms with Gasteiger partial charge < -0.3 is 20.1 Å². The molecule has 2 N–H and O–H groups in total. The smallest absolute Gasteiger partial charge is 0.315 e. The van der Waals surface area contributed by atoms with E-state index in [2.05, 4.69) is 15.5 Å². The normalized spacial score (nSPS) is 17.0. The molecule has 0 radical (unpaired) electrons. The molecule has 0 saturated heterocycles. The number of hydrogen-bond acceptors (Lipinski definition) is 4. The van der Waals surface area contributed by atoms with Crippen LogP contribution in [0, 0.1) is 5.82 Å². The molecular weight excluding hydrogens is 385 g/mol. The molecule has 2 unspecified atom stereocenters. The largest absolute Gasteiger partial charge is 0.493 e. The van der Waals surface area contributed by atoms with Gasteiger partial charge in [-0.1, -0.05) is 12.1 Å². The maximum Gasteiger partial charge on any atom is 0.315 e. The summed E-state index contributed by atoms with van der Waals surface area (Å²) in [5, 5.41) is 5.85. The number of benzene rings is 2. The zero-order valence-corrected chi connectivity index (χ0v) is 18.0. The number of amides is 2. The molecule has 1 aliphatic rings. The molecule has 3 rings (SSSR count). The van der Waals surface area contributed by atoms with Gasteiger partial charge in [0.1, 0.15) is 5.82 Å². The lowest BCUT2D eigenvalue weighted by Gasteiger charge is -2.41. The Kier molecular flexibility index (Phi) is 7.15. The van der Waals surface area contributed by atoms with E-state index in [0.717, 1.165) is 24.1 Å². The Morgan fingerprint density at radius 2 is 1.87 bits per heavy atom. The number of nitrogens with zero attached hydrogens (tertiary/aromatic N) is 1. The van der Waals surface area contributed by atoms with Crippen LogP contribution in [0.15, 0.2) is 36.4 Å². The van der Waals surface area contributed by atoms with E-state index in [1.165, 1.54) is 17.7 Å². The number of nitrogens with one attached hydrogen (secondary N) is 2. The minimum atomic E-state index is -0.248. The molecule has 30 heavy (non-hydrogen) atoms. The average Bonchev–Trinajstić information content (AvgIpc) is 2.74. The maximum atomic E-state index is 13.3. The highest BCUT2D eigenvalue weighted by atomic mass is 19.1. The van der Waals surface area contributed by atoms with Gasteiger partial charge in [-0.25, -0.2) is 9.18 Å². The molecule has 0 fully saturated rings. The van der Waals surface area contributed by atoms with Crippen LogP contribution in [-0.4, -0.2) is 44.3 Å². The van der Waals surface area contributed by atoms with Gasteiger partial charge in [-0.3, -0.25) is 4.90 Å². The second-order valence-corrected chi connectivity index (χ2v) is 7.49. The summed E-state index contributed by atoms with van der Waals surface area (Å²) >= 11 is 0. The Morgan fingerprint density at radius 1 is 1.20 bits per heavy atom. The van der Waals surface area contributed by atoms with E-state index in [9.17, 15) is 9.18 Å². The van der Waals surface area contributed by atoms with Crippen molar-refractivity contribution in [1.82, 2.24) is 15.5 Å². The number of methoxy groups -OCH3 is 2. The Hall–Kier alpha value is -2.80.